The third kappa shape index (κ3) is 4.15. The Hall–Kier alpha value is -1.88. The van der Waals surface area contributed by atoms with Gasteiger partial charge in [0.05, 0.1) is 17.7 Å². The number of nitrogens with zero attached hydrogens (tertiary/aromatic N) is 1. The predicted molar refractivity (Wildman–Crippen MR) is 87.5 cm³/mol. The fourth-order valence-electron chi connectivity index (χ4n) is 3.42. The SMILES string of the molecule is FC(F)(F)C1CCCC(NC(c2ccccc2)c2ccccn2)C1. The minimum atomic E-state index is -4.10. The number of pyridine rings is 1. The molecule has 2 nitrogen and oxygen atoms in total. The van der Waals surface area contributed by atoms with Crippen molar-refractivity contribution in [2.75, 3.05) is 0 Å². The molecule has 0 amide bonds. The van der Waals surface area contributed by atoms with E-state index in [-0.39, 0.29) is 24.9 Å². The van der Waals surface area contributed by atoms with E-state index >= 15 is 0 Å². The van der Waals surface area contributed by atoms with Gasteiger partial charge in [-0.2, -0.15) is 13.2 Å². The second-order valence-electron chi connectivity index (χ2n) is 6.37. The Morgan fingerprint density at radius 2 is 1.75 bits per heavy atom. The Kier molecular flexibility index (Phi) is 5.19. The molecule has 128 valence electrons. The number of nitrogens with one attached hydrogen (secondary N) is 1. The van der Waals surface area contributed by atoms with Crippen molar-refractivity contribution in [3.8, 4) is 0 Å². The Labute approximate surface area is 140 Å². The van der Waals surface area contributed by atoms with Gasteiger partial charge in [0, 0.05) is 12.2 Å². The zero-order valence-electron chi connectivity index (χ0n) is 13.3. The first-order valence-electron chi connectivity index (χ1n) is 8.32. The lowest BCUT2D eigenvalue weighted by molar-refractivity contribution is -0.183. The molecule has 0 spiro atoms. The van der Waals surface area contributed by atoms with Crippen LogP contribution < -0.4 is 5.32 Å². The van der Waals surface area contributed by atoms with Gasteiger partial charge in [-0.25, -0.2) is 0 Å². The molecule has 5 heteroatoms. The highest BCUT2D eigenvalue weighted by Crippen LogP contribution is 2.38. The second kappa shape index (κ2) is 7.34. The van der Waals surface area contributed by atoms with Gasteiger partial charge in [-0.15, -0.1) is 0 Å². The van der Waals surface area contributed by atoms with Gasteiger partial charge in [-0.05, 0) is 37.0 Å². The summed E-state index contributed by atoms with van der Waals surface area (Å²) in [6.07, 6.45) is -0.644. The molecule has 3 unspecified atom stereocenters. The number of rotatable bonds is 4. The molecule has 1 aliphatic rings. The first-order valence-corrected chi connectivity index (χ1v) is 8.32. The quantitative estimate of drug-likeness (QED) is 0.862. The van der Waals surface area contributed by atoms with Crippen LogP contribution in [0.5, 0.6) is 0 Å². The van der Waals surface area contributed by atoms with E-state index in [1.54, 1.807) is 6.20 Å². The van der Waals surface area contributed by atoms with Crippen molar-refractivity contribution < 1.29 is 13.2 Å². The lowest BCUT2D eigenvalue weighted by Crippen LogP contribution is -2.41. The molecule has 3 rings (SSSR count). The largest absolute Gasteiger partial charge is 0.391 e. The minimum absolute atomic E-state index is 0.139. The fourth-order valence-corrected chi connectivity index (χ4v) is 3.42. The van der Waals surface area contributed by atoms with Gasteiger partial charge in [-0.3, -0.25) is 4.98 Å². The van der Waals surface area contributed by atoms with Crippen molar-refractivity contribution in [1.29, 1.82) is 0 Å². The number of alkyl halides is 3. The molecule has 0 saturated heterocycles. The summed E-state index contributed by atoms with van der Waals surface area (Å²) in [5.41, 5.74) is 1.85. The highest BCUT2D eigenvalue weighted by atomic mass is 19.4. The molecule has 2 aromatic rings. The van der Waals surface area contributed by atoms with Gasteiger partial charge < -0.3 is 5.32 Å². The molecule has 3 atom stereocenters. The van der Waals surface area contributed by atoms with Crippen molar-refractivity contribution in [3.05, 3.63) is 66.0 Å². The Morgan fingerprint density at radius 1 is 1.00 bits per heavy atom. The summed E-state index contributed by atoms with van der Waals surface area (Å²) in [5.74, 6) is -1.20. The fraction of sp³-hybridized carbons (Fsp3) is 0.421. The molecule has 1 N–H and O–H groups in total. The first-order chi connectivity index (χ1) is 11.5. The van der Waals surface area contributed by atoms with Gasteiger partial charge in [0.1, 0.15) is 0 Å². The second-order valence-corrected chi connectivity index (χ2v) is 6.37. The average Bonchev–Trinajstić information content (AvgIpc) is 2.61. The maximum Gasteiger partial charge on any atom is 0.391 e. The Balaban J connectivity index is 1.80. The smallest absolute Gasteiger partial charge is 0.302 e. The molecule has 1 aromatic heterocycles. The van der Waals surface area contributed by atoms with E-state index in [4.69, 9.17) is 0 Å². The number of halogens is 3. The summed E-state index contributed by atoms with van der Waals surface area (Å²) in [6, 6.07) is 15.1. The lowest BCUT2D eigenvalue weighted by Gasteiger charge is -2.33. The van der Waals surface area contributed by atoms with Crippen molar-refractivity contribution in [2.24, 2.45) is 5.92 Å². The van der Waals surface area contributed by atoms with Crippen LogP contribution in [0.2, 0.25) is 0 Å². The molecule has 1 saturated carbocycles. The maximum atomic E-state index is 13.1. The highest BCUT2D eigenvalue weighted by molar-refractivity contribution is 5.27. The van der Waals surface area contributed by atoms with E-state index in [9.17, 15) is 13.2 Å². The zero-order valence-corrected chi connectivity index (χ0v) is 13.3. The maximum absolute atomic E-state index is 13.1. The van der Waals surface area contributed by atoms with Crippen molar-refractivity contribution in [1.82, 2.24) is 10.3 Å². The normalized spacial score (nSPS) is 23.0. The van der Waals surface area contributed by atoms with Gasteiger partial charge in [0.15, 0.2) is 0 Å². The summed E-state index contributed by atoms with van der Waals surface area (Å²) in [4.78, 5) is 4.40. The first kappa shape index (κ1) is 17.0. The van der Waals surface area contributed by atoms with Gasteiger partial charge in [0.2, 0.25) is 0 Å². The highest BCUT2D eigenvalue weighted by Gasteiger charge is 2.42. The number of benzene rings is 1. The lowest BCUT2D eigenvalue weighted by atomic mass is 9.84. The average molecular weight is 334 g/mol. The van der Waals surface area contributed by atoms with Crippen molar-refractivity contribution in [3.63, 3.8) is 0 Å². The van der Waals surface area contributed by atoms with Gasteiger partial charge >= 0.3 is 6.18 Å². The van der Waals surface area contributed by atoms with Crippen LogP contribution >= 0.6 is 0 Å². The third-order valence-corrected chi connectivity index (χ3v) is 4.66. The molecule has 0 radical (unpaired) electrons. The summed E-state index contributed by atoms with van der Waals surface area (Å²) < 4.78 is 39.2. The summed E-state index contributed by atoms with van der Waals surface area (Å²) in [5, 5.41) is 3.43. The minimum Gasteiger partial charge on any atom is -0.302 e. The zero-order chi connectivity index (χ0) is 17.0. The van der Waals surface area contributed by atoms with Crippen LogP contribution in [0.1, 0.15) is 43.0 Å². The molecule has 1 heterocycles. The number of aromatic nitrogens is 1. The van der Waals surface area contributed by atoms with Crippen LogP contribution in [0.15, 0.2) is 54.7 Å². The number of hydrogen-bond acceptors (Lipinski definition) is 2. The van der Waals surface area contributed by atoms with E-state index in [0.29, 0.717) is 6.42 Å². The van der Waals surface area contributed by atoms with Crippen LogP contribution in [0.4, 0.5) is 13.2 Å². The van der Waals surface area contributed by atoms with Crippen LogP contribution in [0.25, 0.3) is 0 Å². The van der Waals surface area contributed by atoms with Crippen molar-refractivity contribution >= 4 is 0 Å². The van der Waals surface area contributed by atoms with Crippen LogP contribution in [-0.2, 0) is 0 Å². The number of hydrogen-bond donors (Lipinski definition) is 1. The third-order valence-electron chi connectivity index (χ3n) is 4.66. The van der Waals surface area contributed by atoms with E-state index in [1.165, 1.54) is 0 Å². The molecule has 0 bridgehead atoms. The van der Waals surface area contributed by atoms with Crippen LogP contribution in [0.3, 0.4) is 0 Å². The summed E-state index contributed by atoms with van der Waals surface area (Å²) in [7, 11) is 0. The molecule has 1 fully saturated rings. The van der Waals surface area contributed by atoms with Crippen LogP contribution in [0, 0.1) is 5.92 Å². The standard InChI is InChI=1S/C19H21F3N2/c20-19(21,22)15-9-6-10-16(13-15)24-18(14-7-2-1-3-8-14)17-11-4-5-12-23-17/h1-5,7-8,11-12,15-16,18,24H,6,9-10,13H2. The predicted octanol–water partition coefficient (Wildman–Crippen LogP) is 4.88. The molecule has 1 aromatic carbocycles. The van der Waals surface area contributed by atoms with E-state index in [0.717, 1.165) is 17.7 Å². The molecular weight excluding hydrogens is 313 g/mol. The molecule has 24 heavy (non-hydrogen) atoms. The van der Waals surface area contributed by atoms with E-state index < -0.39 is 12.1 Å². The van der Waals surface area contributed by atoms with Gasteiger partial charge in [-0.1, -0.05) is 42.8 Å². The van der Waals surface area contributed by atoms with Gasteiger partial charge in [0.25, 0.3) is 0 Å². The Morgan fingerprint density at radius 3 is 2.42 bits per heavy atom. The monoisotopic (exact) mass is 334 g/mol. The molecule has 1 aliphatic carbocycles. The molecular formula is C19H21F3N2. The topological polar surface area (TPSA) is 24.9 Å². The van der Waals surface area contributed by atoms with Crippen LogP contribution in [-0.4, -0.2) is 17.2 Å². The summed E-state index contributed by atoms with van der Waals surface area (Å²) in [6.45, 7) is 0. The van der Waals surface area contributed by atoms with Crippen molar-refractivity contribution in [2.45, 2.75) is 43.9 Å². The van der Waals surface area contributed by atoms with E-state index in [2.05, 4.69) is 10.3 Å². The molecule has 0 aliphatic heterocycles. The van der Waals surface area contributed by atoms with E-state index in [1.807, 2.05) is 48.5 Å². The summed E-state index contributed by atoms with van der Waals surface area (Å²) >= 11 is 0. The Bertz CT molecular complexity index is 589.